The summed E-state index contributed by atoms with van der Waals surface area (Å²) in [6.07, 6.45) is 0. The number of nitrogens with zero attached hydrogens (tertiary/aromatic N) is 4. The lowest BCUT2D eigenvalue weighted by Crippen LogP contribution is -2.32. The lowest BCUT2D eigenvalue weighted by atomic mass is 10.1. The Labute approximate surface area is 170 Å². The Morgan fingerprint density at radius 1 is 1.12 bits per heavy atom. The first-order valence-corrected chi connectivity index (χ1v) is 9.28. The zero-order valence-electron chi connectivity index (χ0n) is 15.8. The maximum atomic E-state index is 13.0. The second kappa shape index (κ2) is 9.13. The summed E-state index contributed by atoms with van der Waals surface area (Å²) in [4.78, 5) is 25.6. The second-order valence-corrected chi connectivity index (χ2v) is 7.18. The van der Waals surface area contributed by atoms with Gasteiger partial charge in [-0.15, -0.1) is 36.2 Å². The Morgan fingerprint density at radius 2 is 1.77 bits per heavy atom. The van der Waals surface area contributed by atoms with Crippen LogP contribution in [0.2, 0.25) is 0 Å². The van der Waals surface area contributed by atoms with Gasteiger partial charge in [0.25, 0.3) is 5.56 Å². The molecular weight excluding hydrogens is 391 g/mol. The first kappa shape index (κ1) is 22.8. The number of thiophene rings is 1. The van der Waals surface area contributed by atoms with Gasteiger partial charge in [0.05, 0.1) is 5.52 Å². The van der Waals surface area contributed by atoms with Crippen molar-refractivity contribution in [2.45, 2.75) is 41.2 Å². The molecule has 0 saturated heterocycles. The number of rotatable bonds is 5. The molecule has 8 heteroatoms. The summed E-state index contributed by atoms with van der Waals surface area (Å²) in [5, 5.41) is 1.02. The van der Waals surface area contributed by atoms with E-state index in [0.29, 0.717) is 6.54 Å². The lowest BCUT2D eigenvalue weighted by molar-refractivity contribution is 0.288. The first-order chi connectivity index (χ1) is 11.5. The molecule has 0 fully saturated rings. The SMILES string of the molecule is CCN(CC)CCn1c(C)nc2c(sc3nc(C)cc(C)c32)c1=O.Cl.Cl. The van der Waals surface area contributed by atoms with E-state index in [2.05, 4.69) is 36.7 Å². The molecule has 0 radical (unpaired) electrons. The van der Waals surface area contributed by atoms with Gasteiger partial charge in [0.2, 0.25) is 0 Å². The van der Waals surface area contributed by atoms with Gasteiger partial charge in [-0.25, -0.2) is 9.97 Å². The average Bonchev–Trinajstić information content (AvgIpc) is 2.89. The van der Waals surface area contributed by atoms with Crippen molar-refractivity contribution in [3.05, 3.63) is 33.5 Å². The summed E-state index contributed by atoms with van der Waals surface area (Å²) < 4.78 is 2.52. The van der Waals surface area contributed by atoms with Crippen molar-refractivity contribution in [2.75, 3.05) is 19.6 Å². The number of aryl methyl sites for hydroxylation is 3. The van der Waals surface area contributed by atoms with Gasteiger partial charge in [-0.1, -0.05) is 13.8 Å². The Morgan fingerprint density at radius 3 is 2.38 bits per heavy atom. The Hall–Kier alpha value is -1.21. The van der Waals surface area contributed by atoms with Crippen LogP contribution < -0.4 is 5.56 Å². The van der Waals surface area contributed by atoms with E-state index in [1.165, 1.54) is 11.3 Å². The molecule has 0 aliphatic rings. The third-order valence-corrected chi connectivity index (χ3v) is 5.66. The van der Waals surface area contributed by atoms with E-state index in [1.807, 2.05) is 13.8 Å². The second-order valence-electron chi connectivity index (χ2n) is 6.18. The first-order valence-electron chi connectivity index (χ1n) is 8.46. The van der Waals surface area contributed by atoms with Crippen LogP contribution in [0.4, 0.5) is 0 Å². The molecule has 144 valence electrons. The Balaban J connectivity index is 0.00000169. The van der Waals surface area contributed by atoms with Gasteiger partial charge < -0.3 is 4.90 Å². The molecule has 26 heavy (non-hydrogen) atoms. The molecule has 0 atom stereocenters. The van der Waals surface area contributed by atoms with Crippen LogP contribution in [0, 0.1) is 20.8 Å². The fourth-order valence-electron chi connectivity index (χ4n) is 3.21. The van der Waals surface area contributed by atoms with Crippen LogP contribution in [0.3, 0.4) is 0 Å². The van der Waals surface area contributed by atoms with Crippen molar-refractivity contribution < 1.29 is 0 Å². The molecule has 0 bridgehead atoms. The van der Waals surface area contributed by atoms with Gasteiger partial charge in [0.15, 0.2) is 0 Å². The highest BCUT2D eigenvalue weighted by Crippen LogP contribution is 2.32. The topological polar surface area (TPSA) is 51.0 Å². The number of likely N-dealkylation sites (N-methyl/N-ethyl adjacent to an activating group) is 1. The third kappa shape index (κ3) is 4.03. The van der Waals surface area contributed by atoms with Gasteiger partial charge in [0.1, 0.15) is 15.4 Å². The molecule has 3 aromatic heterocycles. The van der Waals surface area contributed by atoms with Gasteiger partial charge in [-0.2, -0.15) is 0 Å². The van der Waals surface area contributed by atoms with Crippen molar-refractivity contribution >= 4 is 56.6 Å². The normalized spacial score (nSPS) is 11.0. The van der Waals surface area contributed by atoms with Crippen LogP contribution in [0.1, 0.15) is 30.9 Å². The molecule has 3 rings (SSSR count). The van der Waals surface area contributed by atoms with E-state index in [-0.39, 0.29) is 30.4 Å². The highest BCUT2D eigenvalue weighted by molar-refractivity contribution is 7.25. The molecule has 5 nitrogen and oxygen atoms in total. The van der Waals surface area contributed by atoms with E-state index in [9.17, 15) is 4.79 Å². The van der Waals surface area contributed by atoms with E-state index in [4.69, 9.17) is 4.98 Å². The van der Waals surface area contributed by atoms with Gasteiger partial charge in [0, 0.05) is 24.2 Å². The van der Waals surface area contributed by atoms with Crippen molar-refractivity contribution in [1.82, 2.24) is 19.4 Å². The Bertz CT molecular complexity index is 963. The number of halogens is 2. The summed E-state index contributed by atoms with van der Waals surface area (Å²) in [6, 6.07) is 2.05. The predicted molar refractivity (Wildman–Crippen MR) is 116 cm³/mol. The smallest absolute Gasteiger partial charge is 0.271 e. The predicted octanol–water partition coefficient (Wildman–Crippen LogP) is 4.12. The summed E-state index contributed by atoms with van der Waals surface area (Å²) in [5.74, 6) is 0.777. The standard InChI is InChI=1S/C18H24N4OS.2ClH/c1-6-21(7-2)8-9-22-13(5)20-15-14-11(3)10-12(4)19-17(14)24-16(15)18(22)23;;/h10H,6-9H2,1-5H3;2*1H. The minimum absolute atomic E-state index is 0. The zero-order valence-corrected chi connectivity index (χ0v) is 18.3. The van der Waals surface area contributed by atoms with Gasteiger partial charge in [-0.3, -0.25) is 9.36 Å². The van der Waals surface area contributed by atoms with Crippen LogP contribution in [-0.2, 0) is 6.54 Å². The van der Waals surface area contributed by atoms with E-state index >= 15 is 0 Å². The molecule has 0 aromatic carbocycles. The molecule has 0 aliphatic heterocycles. The van der Waals surface area contributed by atoms with Crippen LogP contribution >= 0.6 is 36.2 Å². The minimum Gasteiger partial charge on any atom is -0.302 e. The maximum absolute atomic E-state index is 13.0. The fraction of sp³-hybridized carbons (Fsp3) is 0.500. The lowest BCUT2D eigenvalue weighted by Gasteiger charge is -2.19. The molecule has 3 heterocycles. The molecule has 3 aromatic rings. The zero-order chi connectivity index (χ0) is 17.4. The van der Waals surface area contributed by atoms with Crippen LogP contribution in [0.5, 0.6) is 0 Å². The van der Waals surface area contributed by atoms with Crippen molar-refractivity contribution in [3.63, 3.8) is 0 Å². The molecule has 0 aliphatic carbocycles. The van der Waals surface area contributed by atoms with Gasteiger partial charge >= 0.3 is 0 Å². The highest BCUT2D eigenvalue weighted by atomic mass is 35.5. The van der Waals surface area contributed by atoms with E-state index in [1.54, 1.807) is 4.57 Å². The largest absolute Gasteiger partial charge is 0.302 e. The van der Waals surface area contributed by atoms with Crippen molar-refractivity contribution in [3.8, 4) is 0 Å². The Kier molecular flexibility index (Phi) is 8.02. The van der Waals surface area contributed by atoms with Crippen molar-refractivity contribution in [2.24, 2.45) is 0 Å². The molecule has 0 saturated carbocycles. The summed E-state index contributed by atoms with van der Waals surface area (Å²) in [5.41, 5.74) is 2.98. The van der Waals surface area contributed by atoms with Gasteiger partial charge in [-0.05, 0) is 45.5 Å². The maximum Gasteiger partial charge on any atom is 0.271 e. The number of fused-ring (bicyclic) bond motifs is 3. The van der Waals surface area contributed by atoms with E-state index in [0.717, 1.165) is 57.1 Å². The minimum atomic E-state index is 0. The highest BCUT2D eigenvalue weighted by Gasteiger charge is 2.17. The molecule has 0 unspecified atom stereocenters. The van der Waals surface area contributed by atoms with Crippen LogP contribution in [-0.4, -0.2) is 39.1 Å². The van der Waals surface area contributed by atoms with Crippen LogP contribution in [0.25, 0.3) is 20.4 Å². The summed E-state index contributed by atoms with van der Waals surface area (Å²) in [6.45, 7) is 13.8. The number of aromatic nitrogens is 3. The van der Waals surface area contributed by atoms with Crippen molar-refractivity contribution in [1.29, 1.82) is 0 Å². The molecular formula is C18H26Cl2N4OS. The van der Waals surface area contributed by atoms with Crippen LogP contribution in [0.15, 0.2) is 10.9 Å². The quantitative estimate of drug-likeness (QED) is 0.627. The van der Waals surface area contributed by atoms with E-state index < -0.39 is 0 Å². The molecule has 0 amide bonds. The molecule has 0 spiro atoms. The summed E-state index contributed by atoms with van der Waals surface area (Å²) in [7, 11) is 0. The fourth-order valence-corrected chi connectivity index (χ4v) is 4.40. The third-order valence-electron chi connectivity index (χ3n) is 4.60. The number of hydrogen-bond donors (Lipinski definition) is 0. The number of pyridine rings is 1. The monoisotopic (exact) mass is 416 g/mol. The molecule has 0 N–H and O–H groups in total. The summed E-state index contributed by atoms with van der Waals surface area (Å²) >= 11 is 1.46. The number of hydrogen-bond acceptors (Lipinski definition) is 5. The average molecular weight is 417 g/mol.